The molecule has 0 saturated carbocycles. The largest absolute Gasteiger partial charge is 0.245 e. The first-order chi connectivity index (χ1) is 39.5. The summed E-state index contributed by atoms with van der Waals surface area (Å²) in [6, 6.07) is 4.51. The Balaban J connectivity index is -0.000000125. The van der Waals surface area contributed by atoms with Gasteiger partial charge in [-0.05, 0) is 162 Å². The highest BCUT2D eigenvalue weighted by atomic mass is 32.1. The molecule has 93 heavy (non-hydrogen) atoms. The second-order valence-corrected chi connectivity index (χ2v) is 35.8. The molecule has 0 aliphatic carbocycles. The molecule has 0 fully saturated rings. The quantitative estimate of drug-likeness (QED) is 0.0965. The van der Waals surface area contributed by atoms with Crippen LogP contribution in [0.3, 0.4) is 0 Å². The highest BCUT2D eigenvalue weighted by Crippen LogP contribution is 2.41. The van der Waals surface area contributed by atoms with Gasteiger partial charge in [0, 0.05) is 41.1 Å². The maximum Gasteiger partial charge on any atom is 0.0956 e. The molecule has 6 aromatic rings. The van der Waals surface area contributed by atoms with Gasteiger partial charge in [0.05, 0.1) is 21.4 Å². The average molecular weight is 1410 g/mol. The predicted octanol–water partition coefficient (Wildman–Crippen LogP) is 35.0. The third kappa shape index (κ3) is 40.0. The number of rotatable bonds is 16. The van der Waals surface area contributed by atoms with E-state index >= 15 is 0 Å². The van der Waals surface area contributed by atoms with Gasteiger partial charge in [-0.1, -0.05) is 315 Å². The molecule has 0 aliphatic rings. The second-order valence-electron chi connectivity index (χ2n) is 30.0. The van der Waals surface area contributed by atoms with E-state index in [0.29, 0.717) is 94.7 Å². The summed E-state index contributed by atoms with van der Waals surface area (Å²) >= 11 is 11.4. The van der Waals surface area contributed by atoms with Gasteiger partial charge in [0.1, 0.15) is 0 Å². The molecule has 8 heteroatoms. The summed E-state index contributed by atoms with van der Waals surface area (Å²) in [6.45, 7) is 85.4. The van der Waals surface area contributed by atoms with Crippen LogP contribution in [0.15, 0.2) is 33.7 Å². The van der Waals surface area contributed by atoms with Gasteiger partial charge in [0.2, 0.25) is 0 Å². The maximum absolute atomic E-state index is 4.75. The zero-order chi connectivity index (χ0) is 67.5. The van der Waals surface area contributed by atoms with Crippen molar-refractivity contribution in [3.8, 4) is 0 Å². The minimum absolute atomic E-state index is 0. The summed E-state index contributed by atoms with van der Waals surface area (Å²) in [4.78, 5) is 18.7. The van der Waals surface area contributed by atoms with Crippen molar-refractivity contribution in [2.75, 3.05) is 0 Å². The van der Waals surface area contributed by atoms with E-state index in [-0.39, 0.29) is 52.0 Å². The average Bonchev–Trinajstić information content (AvgIpc) is 1.73. The Labute approximate surface area is 612 Å². The predicted molar refractivity (Wildman–Crippen MR) is 455 cm³/mol. The fourth-order valence-corrected chi connectivity index (χ4v) is 16.7. The molecule has 0 atom stereocenters. The number of aromatic nitrogens is 2. The molecule has 0 radical (unpaired) electrons. The van der Waals surface area contributed by atoms with Crippen LogP contribution < -0.4 is 0 Å². The molecule has 0 unspecified atom stereocenters. The monoisotopic (exact) mass is 1410 g/mol. The van der Waals surface area contributed by atoms with E-state index in [4.69, 9.17) is 9.97 Å². The van der Waals surface area contributed by atoms with Crippen LogP contribution in [0, 0.1) is 11.8 Å². The minimum atomic E-state index is 0. The lowest BCUT2D eigenvalue weighted by molar-refractivity contribution is 0.736. The SMILES string of the molecule is C.C.C.C.C.C.C.CC(C)C.CC(C)C.CC(C)c1ccsc1C(C)C.CC(C)c1ccsc1C(C)C.CC(C)c1csc(C(C)C)c1C(C)C.CC(C)c1csc(C(C)C)c1C(C)C.CC(C)c1nc(C(C)C)c(C(C)C)s1.CC(C)c1nc(C(C)C)c(C(C)C)s1. The van der Waals surface area contributed by atoms with E-state index in [0.717, 1.165) is 11.8 Å². The standard InChI is InChI=1S/2C13H22S.2C12H21NS.2C10H16S.2C4H10.7CH4/c2*1-8(2)11-7-14-13(10(5)6)12(11)9(3)4;2*1-7(2)10-11(8(3)4)14-12(13-10)9(5)6;2*1-7(2)9-5-6-11-10(9)8(3)4;2*1-4(2)3;;;;;;;/h2*7-10H,1-6H3;2*7-9H,1-6H3;2*5-8H,1-4H3;2*4H,1-3H3;7*1H4. The van der Waals surface area contributed by atoms with Gasteiger partial charge in [-0.25, -0.2) is 9.97 Å². The Bertz CT molecular complexity index is 2270. The minimum Gasteiger partial charge on any atom is -0.245 e. The van der Waals surface area contributed by atoms with E-state index < -0.39 is 0 Å². The zero-order valence-corrected chi connectivity index (χ0v) is 68.1. The second kappa shape index (κ2) is 54.9. The van der Waals surface area contributed by atoms with Gasteiger partial charge in [0.25, 0.3) is 0 Å². The number of hydrogen-bond acceptors (Lipinski definition) is 8. The molecule has 6 heterocycles. The molecule has 0 aromatic carbocycles. The van der Waals surface area contributed by atoms with E-state index in [1.165, 1.54) is 42.3 Å². The van der Waals surface area contributed by atoms with E-state index in [9.17, 15) is 0 Å². The van der Waals surface area contributed by atoms with Crippen LogP contribution in [-0.2, 0) is 0 Å². The number of thiazole rings is 2. The lowest BCUT2D eigenvalue weighted by Crippen LogP contribution is -1.99. The molecular formula is C85H166N2S6. The lowest BCUT2D eigenvalue weighted by atomic mass is 9.90. The van der Waals surface area contributed by atoms with Crippen LogP contribution in [0.2, 0.25) is 0 Å². The first kappa shape index (κ1) is 110. The Morgan fingerprint density at radius 1 is 0.226 bits per heavy atom. The Morgan fingerprint density at radius 2 is 0.441 bits per heavy atom. The smallest absolute Gasteiger partial charge is 0.0956 e. The fraction of sp³-hybridized carbons (Fsp3) is 0.741. The van der Waals surface area contributed by atoms with Crippen molar-refractivity contribution in [3.63, 3.8) is 0 Å². The Hall–Kier alpha value is -1.94. The highest BCUT2D eigenvalue weighted by molar-refractivity contribution is 7.12. The topological polar surface area (TPSA) is 25.8 Å². The van der Waals surface area contributed by atoms with Crippen LogP contribution >= 0.6 is 68.0 Å². The van der Waals surface area contributed by atoms with E-state index in [2.05, 4.69) is 297 Å². The fourth-order valence-electron chi connectivity index (χ4n) is 9.24. The summed E-state index contributed by atoms with van der Waals surface area (Å²) in [7, 11) is 0. The van der Waals surface area contributed by atoms with Gasteiger partial charge in [-0.15, -0.1) is 68.0 Å². The number of hydrogen-bond donors (Lipinski definition) is 0. The van der Waals surface area contributed by atoms with Crippen LogP contribution in [0.4, 0.5) is 0 Å². The van der Waals surface area contributed by atoms with Crippen molar-refractivity contribution in [2.24, 2.45) is 11.8 Å². The van der Waals surface area contributed by atoms with Crippen LogP contribution in [0.1, 0.15) is 494 Å². The van der Waals surface area contributed by atoms with Gasteiger partial charge in [-0.2, -0.15) is 0 Å². The van der Waals surface area contributed by atoms with Crippen LogP contribution in [0.25, 0.3) is 0 Å². The van der Waals surface area contributed by atoms with Crippen LogP contribution in [-0.4, -0.2) is 9.97 Å². The van der Waals surface area contributed by atoms with Crippen molar-refractivity contribution >= 4 is 68.0 Å². The van der Waals surface area contributed by atoms with Gasteiger partial charge >= 0.3 is 0 Å². The lowest BCUT2D eigenvalue weighted by Gasteiger charge is -2.15. The number of thiophene rings is 4. The van der Waals surface area contributed by atoms with Gasteiger partial charge < -0.3 is 0 Å². The Morgan fingerprint density at radius 3 is 0.581 bits per heavy atom. The maximum atomic E-state index is 4.75. The summed E-state index contributed by atoms with van der Waals surface area (Å²) in [5, 5.41) is 11.7. The molecule has 2 nitrogen and oxygen atoms in total. The van der Waals surface area contributed by atoms with Crippen molar-refractivity contribution < 1.29 is 0 Å². The zero-order valence-electron chi connectivity index (χ0n) is 63.2. The normalized spacial score (nSPS) is 10.8. The van der Waals surface area contributed by atoms with Crippen molar-refractivity contribution in [1.82, 2.24) is 9.97 Å². The van der Waals surface area contributed by atoms with Gasteiger partial charge in [-0.3, -0.25) is 0 Å². The first-order valence-electron chi connectivity index (χ1n) is 33.8. The van der Waals surface area contributed by atoms with E-state index in [1.54, 1.807) is 41.8 Å². The number of nitrogens with zero attached hydrogens (tertiary/aromatic N) is 2. The molecule has 0 amide bonds. The van der Waals surface area contributed by atoms with Crippen LogP contribution in [0.5, 0.6) is 0 Å². The molecule has 0 aliphatic heterocycles. The van der Waals surface area contributed by atoms with Gasteiger partial charge in [0.15, 0.2) is 0 Å². The summed E-state index contributed by atoms with van der Waals surface area (Å²) in [5.41, 5.74) is 12.0. The molecule has 0 N–H and O–H groups in total. The molecule has 6 aromatic heterocycles. The third-order valence-corrected chi connectivity index (χ3v) is 21.9. The summed E-state index contributed by atoms with van der Waals surface area (Å²) in [5.74, 6) is 11.8. The highest BCUT2D eigenvalue weighted by Gasteiger charge is 2.22. The molecule has 0 saturated heterocycles. The molecule has 0 bridgehead atoms. The summed E-state index contributed by atoms with van der Waals surface area (Å²) in [6.07, 6.45) is 0. The molecule has 0 spiro atoms. The van der Waals surface area contributed by atoms with Crippen molar-refractivity contribution in [3.05, 3.63) is 118 Å². The van der Waals surface area contributed by atoms with Crippen molar-refractivity contribution in [2.45, 2.75) is 410 Å². The molecular weight excluding hydrogens is 1240 g/mol. The Kier molecular flexibility index (Phi) is 64.8. The van der Waals surface area contributed by atoms with Crippen molar-refractivity contribution in [1.29, 1.82) is 0 Å². The molecule has 6 rings (SSSR count). The summed E-state index contributed by atoms with van der Waals surface area (Å²) < 4.78 is 0. The van der Waals surface area contributed by atoms with E-state index in [1.807, 2.05) is 68.0 Å². The molecule has 552 valence electrons. The first-order valence-corrected chi connectivity index (χ1v) is 39.0. The third-order valence-electron chi connectivity index (χ3n) is 13.5.